The number of para-hydroxylation sites is 1. The van der Waals surface area contributed by atoms with Crippen LogP contribution in [0.15, 0.2) is 42.5 Å². The molecule has 0 saturated heterocycles. The third-order valence-electron chi connectivity index (χ3n) is 3.71. The van der Waals surface area contributed by atoms with E-state index in [1.54, 1.807) is 77.9 Å². The van der Waals surface area contributed by atoms with E-state index in [2.05, 4.69) is 28.4 Å². The molecule has 2 aromatic rings. The van der Waals surface area contributed by atoms with Crippen molar-refractivity contribution in [1.82, 2.24) is 0 Å². The van der Waals surface area contributed by atoms with Crippen LogP contribution in [0.3, 0.4) is 0 Å². The highest BCUT2D eigenvalue weighted by Crippen LogP contribution is 2.20. The second-order valence-corrected chi connectivity index (χ2v) is 8.95. The Labute approximate surface area is 189 Å². The summed E-state index contributed by atoms with van der Waals surface area (Å²) in [6.07, 6.45) is 4.38. The van der Waals surface area contributed by atoms with E-state index < -0.39 is 23.4 Å². The maximum Gasteiger partial charge on any atom is 0.412 e. The number of ether oxygens (including phenoxy) is 2. The number of carbonyl (C=O) groups excluding carboxylic acids is 2. The first-order valence-electron chi connectivity index (χ1n) is 10.1. The summed E-state index contributed by atoms with van der Waals surface area (Å²) in [4.78, 5) is 24.3. The molecule has 2 aromatic carbocycles. The van der Waals surface area contributed by atoms with E-state index in [1.165, 1.54) is 0 Å². The molecule has 0 saturated carbocycles. The first-order valence-corrected chi connectivity index (χ1v) is 10.1. The minimum absolute atomic E-state index is 0.425. The lowest BCUT2D eigenvalue weighted by Gasteiger charge is -2.20. The SMILES string of the molecule is C#Cc1ccc(C#Cc2ccccc2NC(=O)OC(C)(C)C)cc1NC(=O)OC(C)(C)C. The molecule has 0 aliphatic carbocycles. The Morgan fingerprint density at radius 1 is 0.781 bits per heavy atom. The van der Waals surface area contributed by atoms with Gasteiger partial charge in [-0.25, -0.2) is 9.59 Å². The Morgan fingerprint density at radius 3 is 1.91 bits per heavy atom. The quantitative estimate of drug-likeness (QED) is 0.592. The van der Waals surface area contributed by atoms with Crippen LogP contribution in [0, 0.1) is 24.2 Å². The average Bonchev–Trinajstić information content (AvgIpc) is 2.64. The molecule has 0 aliphatic rings. The first-order chi connectivity index (χ1) is 14.9. The van der Waals surface area contributed by atoms with Gasteiger partial charge in [-0.15, -0.1) is 6.42 Å². The fourth-order valence-corrected chi connectivity index (χ4v) is 2.52. The summed E-state index contributed by atoms with van der Waals surface area (Å²) in [6.45, 7) is 10.7. The van der Waals surface area contributed by atoms with Crippen LogP contribution < -0.4 is 10.6 Å². The molecule has 6 heteroatoms. The summed E-state index contributed by atoms with van der Waals surface area (Å²) in [5, 5.41) is 5.39. The molecule has 166 valence electrons. The molecule has 2 N–H and O–H groups in total. The predicted molar refractivity (Wildman–Crippen MR) is 127 cm³/mol. The second kappa shape index (κ2) is 9.94. The summed E-state index contributed by atoms with van der Waals surface area (Å²) in [6, 6.07) is 12.3. The number of benzene rings is 2. The topological polar surface area (TPSA) is 76.7 Å². The number of amides is 2. The Balaban J connectivity index is 2.27. The zero-order chi connectivity index (χ0) is 23.9. The minimum Gasteiger partial charge on any atom is -0.444 e. The van der Waals surface area contributed by atoms with Crippen LogP contribution in [0.25, 0.3) is 0 Å². The monoisotopic (exact) mass is 432 g/mol. The van der Waals surface area contributed by atoms with E-state index in [-0.39, 0.29) is 0 Å². The molecule has 0 aromatic heterocycles. The van der Waals surface area contributed by atoms with E-state index in [4.69, 9.17) is 15.9 Å². The molecule has 0 atom stereocenters. The van der Waals surface area contributed by atoms with Gasteiger partial charge in [0.2, 0.25) is 0 Å². The minimum atomic E-state index is -0.636. The van der Waals surface area contributed by atoms with Gasteiger partial charge in [-0.1, -0.05) is 29.9 Å². The highest BCUT2D eigenvalue weighted by Gasteiger charge is 2.18. The molecule has 2 rings (SSSR count). The summed E-state index contributed by atoms with van der Waals surface area (Å²) in [5.41, 5.74) is 1.45. The van der Waals surface area contributed by atoms with Crippen molar-refractivity contribution < 1.29 is 19.1 Å². The van der Waals surface area contributed by atoms with Crippen LogP contribution in [0.5, 0.6) is 0 Å². The van der Waals surface area contributed by atoms with Crippen molar-refractivity contribution in [2.45, 2.75) is 52.7 Å². The lowest BCUT2D eigenvalue weighted by molar-refractivity contribution is 0.0624. The molecule has 6 nitrogen and oxygen atoms in total. The van der Waals surface area contributed by atoms with E-state index in [0.29, 0.717) is 28.1 Å². The molecule has 0 aliphatic heterocycles. The molecule has 0 heterocycles. The molecule has 0 bridgehead atoms. The van der Waals surface area contributed by atoms with Gasteiger partial charge in [0.05, 0.1) is 11.4 Å². The lowest BCUT2D eigenvalue weighted by Crippen LogP contribution is -2.27. The van der Waals surface area contributed by atoms with Gasteiger partial charge in [0, 0.05) is 16.7 Å². The van der Waals surface area contributed by atoms with Crippen LogP contribution in [-0.2, 0) is 9.47 Å². The molecule has 2 amide bonds. The standard InChI is InChI=1S/C26H28N2O4/c1-8-19-15-13-18(17-22(19)28-24(30)32-26(5,6)7)14-16-20-11-9-10-12-21(20)27-23(29)31-25(2,3)4/h1,9-13,15,17H,2-7H3,(H,27,29)(H,28,30). The number of hydrogen-bond donors (Lipinski definition) is 2. The van der Waals surface area contributed by atoms with Crippen LogP contribution in [0.1, 0.15) is 58.2 Å². The van der Waals surface area contributed by atoms with Gasteiger partial charge in [-0.05, 0) is 71.9 Å². The average molecular weight is 433 g/mol. The fourth-order valence-electron chi connectivity index (χ4n) is 2.52. The molecule has 0 unspecified atom stereocenters. The number of anilines is 2. The number of terminal acetylenes is 1. The molecule has 0 radical (unpaired) electrons. The van der Waals surface area contributed by atoms with Gasteiger partial charge in [0.15, 0.2) is 0 Å². The van der Waals surface area contributed by atoms with Crippen molar-refractivity contribution in [1.29, 1.82) is 0 Å². The van der Waals surface area contributed by atoms with Crippen molar-refractivity contribution in [3.8, 4) is 24.2 Å². The second-order valence-electron chi connectivity index (χ2n) is 8.95. The van der Waals surface area contributed by atoms with Crippen LogP contribution in [0.4, 0.5) is 21.0 Å². The normalized spacial score (nSPS) is 10.8. The molecule has 0 fully saturated rings. The Morgan fingerprint density at radius 2 is 1.34 bits per heavy atom. The number of hydrogen-bond acceptors (Lipinski definition) is 4. The summed E-state index contributed by atoms with van der Waals surface area (Å²) in [5.74, 6) is 8.61. The summed E-state index contributed by atoms with van der Waals surface area (Å²) < 4.78 is 10.6. The molecule has 32 heavy (non-hydrogen) atoms. The zero-order valence-electron chi connectivity index (χ0n) is 19.3. The van der Waals surface area contributed by atoms with Crippen LogP contribution >= 0.6 is 0 Å². The van der Waals surface area contributed by atoms with Crippen molar-refractivity contribution in [2.75, 3.05) is 10.6 Å². The van der Waals surface area contributed by atoms with E-state index in [0.717, 1.165) is 0 Å². The largest absolute Gasteiger partial charge is 0.444 e. The zero-order valence-corrected chi connectivity index (χ0v) is 19.3. The van der Waals surface area contributed by atoms with E-state index in [9.17, 15) is 9.59 Å². The Kier molecular flexibility index (Phi) is 7.57. The Bertz CT molecular complexity index is 1100. The third kappa shape index (κ3) is 8.08. The highest BCUT2D eigenvalue weighted by molar-refractivity contribution is 5.88. The fraction of sp³-hybridized carbons (Fsp3) is 0.308. The van der Waals surface area contributed by atoms with E-state index in [1.807, 2.05) is 6.07 Å². The van der Waals surface area contributed by atoms with Gasteiger partial charge < -0.3 is 9.47 Å². The number of nitrogens with one attached hydrogen (secondary N) is 2. The maximum absolute atomic E-state index is 12.1. The van der Waals surface area contributed by atoms with E-state index >= 15 is 0 Å². The third-order valence-corrected chi connectivity index (χ3v) is 3.71. The van der Waals surface area contributed by atoms with Gasteiger partial charge in [0.1, 0.15) is 11.2 Å². The molecule has 0 spiro atoms. The van der Waals surface area contributed by atoms with Crippen molar-refractivity contribution >= 4 is 23.6 Å². The van der Waals surface area contributed by atoms with Crippen LogP contribution in [0.2, 0.25) is 0 Å². The van der Waals surface area contributed by atoms with Crippen molar-refractivity contribution in [3.05, 3.63) is 59.2 Å². The number of rotatable bonds is 2. The van der Waals surface area contributed by atoms with Gasteiger partial charge in [-0.2, -0.15) is 0 Å². The number of carbonyl (C=O) groups is 2. The van der Waals surface area contributed by atoms with Gasteiger partial charge in [0.25, 0.3) is 0 Å². The maximum atomic E-state index is 12.1. The smallest absolute Gasteiger partial charge is 0.412 e. The lowest BCUT2D eigenvalue weighted by atomic mass is 10.1. The highest BCUT2D eigenvalue weighted by atomic mass is 16.6. The van der Waals surface area contributed by atoms with Crippen molar-refractivity contribution in [3.63, 3.8) is 0 Å². The predicted octanol–water partition coefficient (Wildman–Crippen LogP) is 5.76. The van der Waals surface area contributed by atoms with Crippen LogP contribution in [-0.4, -0.2) is 23.4 Å². The molecular weight excluding hydrogens is 404 g/mol. The van der Waals surface area contributed by atoms with Crippen molar-refractivity contribution in [2.24, 2.45) is 0 Å². The first kappa shape index (κ1) is 24.4. The van der Waals surface area contributed by atoms with Gasteiger partial charge >= 0.3 is 12.2 Å². The summed E-state index contributed by atoms with van der Waals surface area (Å²) >= 11 is 0. The molecular formula is C26H28N2O4. The Hall–Kier alpha value is -3.90. The van der Waals surface area contributed by atoms with Gasteiger partial charge in [-0.3, -0.25) is 10.6 Å². The summed E-state index contributed by atoms with van der Waals surface area (Å²) in [7, 11) is 0.